The minimum atomic E-state index is -1.27. The van der Waals surface area contributed by atoms with E-state index in [0.29, 0.717) is 11.0 Å². The number of benzene rings is 1. The van der Waals surface area contributed by atoms with Gasteiger partial charge in [-0.15, -0.1) is 0 Å². The van der Waals surface area contributed by atoms with Crippen LogP contribution < -0.4 is 5.43 Å². The van der Waals surface area contributed by atoms with Gasteiger partial charge in [0, 0.05) is 6.42 Å². The van der Waals surface area contributed by atoms with Crippen molar-refractivity contribution in [2.24, 2.45) is 0 Å². The molecule has 25 heavy (non-hydrogen) atoms. The average Bonchev–Trinajstić information content (AvgIpc) is 2.59. The first kappa shape index (κ1) is 16.6. The zero-order chi connectivity index (χ0) is 18.1. The van der Waals surface area contributed by atoms with E-state index in [-0.39, 0.29) is 40.6 Å². The molecule has 1 aromatic carbocycles. The largest absolute Gasteiger partial charge is 0.481 e. The second-order valence-corrected chi connectivity index (χ2v) is 5.65. The van der Waals surface area contributed by atoms with Gasteiger partial charge in [-0.05, 0) is 30.2 Å². The van der Waals surface area contributed by atoms with E-state index >= 15 is 0 Å². The smallest absolute Gasteiger partial charge is 0.337 e. The van der Waals surface area contributed by atoms with E-state index in [1.54, 1.807) is 12.1 Å². The molecule has 0 bridgehead atoms. The minimum Gasteiger partial charge on any atom is -0.481 e. The molecule has 0 saturated carbocycles. The first-order valence-electron chi connectivity index (χ1n) is 7.75. The van der Waals surface area contributed by atoms with E-state index in [1.165, 1.54) is 6.07 Å². The van der Waals surface area contributed by atoms with Gasteiger partial charge >= 0.3 is 11.9 Å². The fourth-order valence-electron chi connectivity index (χ4n) is 2.69. The molecule has 0 saturated heterocycles. The Labute approximate surface area is 141 Å². The second-order valence-electron chi connectivity index (χ2n) is 5.65. The van der Waals surface area contributed by atoms with Crippen LogP contribution in [0.15, 0.2) is 33.5 Å². The van der Waals surface area contributed by atoms with Gasteiger partial charge in [0.2, 0.25) is 11.1 Å². The molecular weight excluding hydrogens is 326 g/mol. The number of aryl methyl sites for hydroxylation is 2. The molecule has 0 aliphatic carbocycles. The Kier molecular flexibility index (Phi) is 4.22. The molecule has 0 amide bonds. The minimum absolute atomic E-state index is 0.00661. The van der Waals surface area contributed by atoms with Crippen molar-refractivity contribution in [3.63, 3.8) is 0 Å². The van der Waals surface area contributed by atoms with Crippen LogP contribution in [0.3, 0.4) is 0 Å². The lowest BCUT2D eigenvalue weighted by Gasteiger charge is -2.07. The van der Waals surface area contributed by atoms with Crippen LogP contribution in [0.1, 0.15) is 35.0 Å². The molecule has 0 spiro atoms. The molecule has 0 unspecified atom stereocenters. The number of fused-ring (bicyclic) bond motifs is 2. The van der Waals surface area contributed by atoms with E-state index in [2.05, 4.69) is 4.98 Å². The van der Waals surface area contributed by atoms with Crippen molar-refractivity contribution in [3.8, 4) is 0 Å². The molecule has 2 N–H and O–H groups in total. The van der Waals surface area contributed by atoms with Crippen molar-refractivity contribution in [2.45, 2.75) is 26.2 Å². The van der Waals surface area contributed by atoms with Crippen molar-refractivity contribution >= 4 is 34.0 Å². The fourth-order valence-corrected chi connectivity index (χ4v) is 2.69. The van der Waals surface area contributed by atoms with Gasteiger partial charge in [-0.25, -0.2) is 9.78 Å². The molecule has 2 aromatic heterocycles. The molecule has 7 nitrogen and oxygen atoms in total. The highest BCUT2D eigenvalue weighted by atomic mass is 16.4. The molecule has 0 radical (unpaired) electrons. The van der Waals surface area contributed by atoms with Gasteiger partial charge in [-0.3, -0.25) is 9.59 Å². The third-order valence-electron chi connectivity index (χ3n) is 4.02. The van der Waals surface area contributed by atoms with Crippen LogP contribution in [-0.4, -0.2) is 27.1 Å². The molecule has 0 aliphatic rings. The zero-order valence-corrected chi connectivity index (χ0v) is 13.4. The average molecular weight is 341 g/mol. The van der Waals surface area contributed by atoms with Crippen molar-refractivity contribution < 1.29 is 24.2 Å². The van der Waals surface area contributed by atoms with Crippen LogP contribution in [0.25, 0.3) is 22.1 Å². The molecular formula is C18H15NO6. The molecule has 0 atom stereocenters. The zero-order valence-electron chi connectivity index (χ0n) is 13.4. The normalized spacial score (nSPS) is 11.1. The van der Waals surface area contributed by atoms with Gasteiger partial charge in [0.1, 0.15) is 5.58 Å². The Morgan fingerprint density at radius 3 is 2.56 bits per heavy atom. The number of rotatable bonds is 5. The summed E-state index contributed by atoms with van der Waals surface area (Å²) in [4.78, 5) is 39.1. The highest BCUT2D eigenvalue weighted by Crippen LogP contribution is 2.22. The van der Waals surface area contributed by atoms with Gasteiger partial charge in [0.25, 0.3) is 0 Å². The fraction of sp³-hybridized carbons (Fsp3) is 0.222. The van der Waals surface area contributed by atoms with Gasteiger partial charge in [0.15, 0.2) is 0 Å². The topological polar surface area (TPSA) is 118 Å². The Morgan fingerprint density at radius 2 is 1.92 bits per heavy atom. The summed E-state index contributed by atoms with van der Waals surface area (Å²) >= 11 is 0. The van der Waals surface area contributed by atoms with E-state index < -0.39 is 11.9 Å². The predicted molar refractivity (Wildman–Crippen MR) is 90.1 cm³/mol. The second kappa shape index (κ2) is 6.35. The Morgan fingerprint density at radius 1 is 1.16 bits per heavy atom. The molecule has 3 aromatic rings. The molecule has 0 aliphatic heterocycles. The summed E-state index contributed by atoms with van der Waals surface area (Å²) in [6, 6.07) is 6.46. The predicted octanol–water partition coefficient (Wildman–Crippen LogP) is 2.62. The Hall–Kier alpha value is -3.22. The number of aromatic nitrogens is 1. The summed E-state index contributed by atoms with van der Waals surface area (Å²) in [6.07, 6.45) is 0.417. The summed E-state index contributed by atoms with van der Waals surface area (Å²) in [5.41, 5.74) is 0.860. The van der Waals surface area contributed by atoms with Crippen LogP contribution in [0.4, 0.5) is 0 Å². The standard InChI is InChI=1S/C18H15NO6/c1-2-9-3-5-14-11(7-9)16(22)12-8-10(18(23)24)13(4-6-15(20)21)19-17(12)25-14/h3,5,7-8H,2,4,6H2,1H3,(H,20,21)(H,23,24). The summed E-state index contributed by atoms with van der Waals surface area (Å²) in [5.74, 6) is -2.33. The van der Waals surface area contributed by atoms with Gasteiger partial charge < -0.3 is 14.6 Å². The van der Waals surface area contributed by atoms with E-state index in [0.717, 1.165) is 12.0 Å². The molecule has 7 heteroatoms. The highest BCUT2D eigenvalue weighted by Gasteiger charge is 2.18. The summed E-state index contributed by atoms with van der Waals surface area (Å²) in [7, 11) is 0. The number of carboxylic acid groups (broad SMARTS) is 2. The highest BCUT2D eigenvalue weighted by molar-refractivity contribution is 5.95. The Bertz CT molecular complexity index is 1070. The number of carboxylic acids is 2. The molecule has 2 heterocycles. The molecule has 0 fully saturated rings. The SMILES string of the molecule is CCc1ccc2oc3nc(CCC(=O)O)c(C(=O)O)cc3c(=O)c2c1. The quantitative estimate of drug-likeness (QED) is 0.685. The number of nitrogens with zero attached hydrogens (tertiary/aromatic N) is 1. The molecule has 3 rings (SSSR count). The Balaban J connectivity index is 2.29. The number of aromatic carboxylic acids is 1. The van der Waals surface area contributed by atoms with Crippen molar-refractivity contribution in [2.75, 3.05) is 0 Å². The van der Waals surface area contributed by atoms with Gasteiger partial charge in [-0.1, -0.05) is 13.0 Å². The van der Waals surface area contributed by atoms with Crippen LogP contribution >= 0.6 is 0 Å². The van der Waals surface area contributed by atoms with Gasteiger partial charge in [0.05, 0.1) is 28.5 Å². The lowest BCUT2D eigenvalue weighted by atomic mass is 10.1. The summed E-state index contributed by atoms with van der Waals surface area (Å²) < 4.78 is 5.66. The maximum atomic E-state index is 12.7. The van der Waals surface area contributed by atoms with Crippen molar-refractivity contribution in [3.05, 3.63) is 51.3 Å². The maximum absolute atomic E-state index is 12.7. The van der Waals surface area contributed by atoms with Crippen molar-refractivity contribution in [1.29, 1.82) is 0 Å². The first-order valence-corrected chi connectivity index (χ1v) is 7.75. The summed E-state index contributed by atoms with van der Waals surface area (Å²) in [5, 5.41) is 18.6. The maximum Gasteiger partial charge on any atom is 0.337 e. The third kappa shape index (κ3) is 3.08. The lowest BCUT2D eigenvalue weighted by Crippen LogP contribution is -2.11. The lowest BCUT2D eigenvalue weighted by molar-refractivity contribution is -0.137. The first-order chi connectivity index (χ1) is 11.9. The van der Waals surface area contributed by atoms with Crippen LogP contribution in [0, 0.1) is 0 Å². The number of carbonyl (C=O) groups is 2. The number of hydrogen-bond donors (Lipinski definition) is 2. The number of hydrogen-bond acceptors (Lipinski definition) is 5. The molecule has 128 valence electrons. The van der Waals surface area contributed by atoms with Crippen LogP contribution in [-0.2, 0) is 17.6 Å². The number of aliphatic carboxylic acids is 1. The number of pyridine rings is 1. The third-order valence-corrected chi connectivity index (χ3v) is 4.02. The summed E-state index contributed by atoms with van der Waals surface area (Å²) in [6.45, 7) is 1.96. The monoisotopic (exact) mass is 341 g/mol. The van der Waals surface area contributed by atoms with Gasteiger partial charge in [-0.2, -0.15) is 0 Å². The van der Waals surface area contributed by atoms with Crippen LogP contribution in [0.5, 0.6) is 0 Å². The van der Waals surface area contributed by atoms with Crippen LogP contribution in [0.2, 0.25) is 0 Å². The van der Waals surface area contributed by atoms with E-state index in [4.69, 9.17) is 9.52 Å². The van der Waals surface area contributed by atoms with Crippen molar-refractivity contribution in [1.82, 2.24) is 4.98 Å². The van der Waals surface area contributed by atoms with E-state index in [1.807, 2.05) is 13.0 Å². The van der Waals surface area contributed by atoms with E-state index in [9.17, 15) is 19.5 Å².